The Morgan fingerprint density at radius 2 is 2.14 bits per heavy atom. The van der Waals surface area contributed by atoms with Crippen LogP contribution in [0.2, 0.25) is 0 Å². The number of nitrogens with zero attached hydrogens (tertiary/aromatic N) is 3. The molecule has 0 bridgehead atoms. The maximum atomic E-state index is 12.2. The monoisotopic (exact) mass is 381 g/mol. The van der Waals surface area contributed by atoms with Gasteiger partial charge in [-0.25, -0.2) is 4.79 Å². The van der Waals surface area contributed by atoms with Crippen molar-refractivity contribution in [3.63, 3.8) is 0 Å². The number of carbonyl (C=O) groups excluding carboxylic acids is 1. The van der Waals surface area contributed by atoms with E-state index in [2.05, 4.69) is 33.2 Å². The largest absolute Gasteiger partial charge is 0.497 e. The highest BCUT2D eigenvalue weighted by molar-refractivity contribution is 6.00. The van der Waals surface area contributed by atoms with Gasteiger partial charge in [0.1, 0.15) is 11.6 Å². The van der Waals surface area contributed by atoms with Crippen LogP contribution in [0.3, 0.4) is 0 Å². The van der Waals surface area contributed by atoms with Crippen molar-refractivity contribution < 1.29 is 9.53 Å². The van der Waals surface area contributed by atoms with Crippen LogP contribution in [-0.4, -0.2) is 41.9 Å². The molecule has 148 valence electrons. The molecule has 2 heterocycles. The molecule has 1 unspecified atom stereocenters. The van der Waals surface area contributed by atoms with Crippen LogP contribution >= 0.6 is 0 Å². The van der Waals surface area contributed by atoms with E-state index in [-0.39, 0.29) is 5.92 Å². The summed E-state index contributed by atoms with van der Waals surface area (Å²) < 4.78 is 5.11. The molecule has 1 aliphatic heterocycles. The van der Waals surface area contributed by atoms with Gasteiger partial charge in [0.25, 0.3) is 0 Å². The molecule has 3 N–H and O–H groups in total. The number of urea groups is 1. The standard InChI is InChI=1S/C21H27N5O2/c1-15-9-10-23-18(12-15)14-26-11-3-4-16(13-26)20(22)25-21(27)24-17-5-7-19(28-2)8-6-17/h5-10,12,16H,3-4,11,13-14H2,1-2H3,(H3,22,24,25,27). The second kappa shape index (κ2) is 9.32. The lowest BCUT2D eigenvalue weighted by Gasteiger charge is -2.32. The number of aryl methyl sites for hydroxylation is 1. The van der Waals surface area contributed by atoms with E-state index in [0.29, 0.717) is 11.5 Å². The fraction of sp³-hybridized carbons (Fsp3) is 0.381. The predicted molar refractivity (Wildman–Crippen MR) is 111 cm³/mol. The van der Waals surface area contributed by atoms with Crippen molar-refractivity contribution in [2.75, 3.05) is 25.5 Å². The molecule has 7 heteroatoms. The number of piperidine rings is 1. The molecular formula is C21H27N5O2. The van der Waals surface area contributed by atoms with Gasteiger partial charge in [-0.1, -0.05) is 0 Å². The van der Waals surface area contributed by atoms with E-state index in [1.165, 1.54) is 5.56 Å². The fourth-order valence-electron chi connectivity index (χ4n) is 3.39. The van der Waals surface area contributed by atoms with Gasteiger partial charge in [-0.2, -0.15) is 4.99 Å². The summed E-state index contributed by atoms with van der Waals surface area (Å²) in [6.07, 6.45) is 3.79. The van der Waals surface area contributed by atoms with E-state index >= 15 is 0 Å². The Hall–Kier alpha value is -2.93. The predicted octanol–water partition coefficient (Wildman–Crippen LogP) is 3.20. The number of hydrogen-bond donors (Lipinski definition) is 2. The molecule has 1 aromatic carbocycles. The van der Waals surface area contributed by atoms with Gasteiger partial charge >= 0.3 is 6.03 Å². The molecule has 0 saturated carbocycles. The summed E-state index contributed by atoms with van der Waals surface area (Å²) in [6, 6.07) is 10.7. The summed E-state index contributed by atoms with van der Waals surface area (Å²) >= 11 is 0. The van der Waals surface area contributed by atoms with Gasteiger partial charge in [0, 0.05) is 30.9 Å². The van der Waals surface area contributed by atoms with Crippen molar-refractivity contribution in [3.8, 4) is 5.75 Å². The minimum atomic E-state index is -0.458. The smallest absolute Gasteiger partial charge is 0.347 e. The number of benzene rings is 1. The molecule has 1 aliphatic rings. The number of carbonyl (C=O) groups is 1. The Morgan fingerprint density at radius 1 is 1.36 bits per heavy atom. The number of methoxy groups -OCH3 is 1. The number of aromatic nitrogens is 1. The number of likely N-dealkylation sites (tertiary alicyclic amines) is 1. The third-order valence-corrected chi connectivity index (χ3v) is 4.85. The molecule has 1 atom stereocenters. The number of nitrogens with two attached hydrogens (primary N) is 1. The number of aliphatic imine (C=N–C) groups is 1. The summed E-state index contributed by atoms with van der Waals surface area (Å²) in [5.74, 6) is 1.18. The number of ether oxygens (including phenoxy) is 1. The summed E-state index contributed by atoms with van der Waals surface area (Å²) in [7, 11) is 1.60. The molecule has 7 nitrogen and oxygen atoms in total. The van der Waals surface area contributed by atoms with E-state index in [0.717, 1.165) is 43.9 Å². The molecule has 0 aliphatic carbocycles. The molecule has 0 radical (unpaired) electrons. The third kappa shape index (κ3) is 5.53. The number of rotatable bonds is 5. The number of hydrogen-bond acceptors (Lipinski definition) is 4. The molecule has 1 aromatic heterocycles. The molecule has 2 aromatic rings. The molecular weight excluding hydrogens is 354 g/mol. The van der Waals surface area contributed by atoms with Crippen molar-refractivity contribution in [3.05, 3.63) is 53.9 Å². The lowest BCUT2D eigenvalue weighted by atomic mass is 9.97. The zero-order chi connectivity index (χ0) is 19.9. The van der Waals surface area contributed by atoms with Gasteiger partial charge in [0.05, 0.1) is 12.8 Å². The molecule has 1 fully saturated rings. The zero-order valence-electron chi connectivity index (χ0n) is 16.4. The van der Waals surface area contributed by atoms with Crippen LogP contribution in [0.25, 0.3) is 0 Å². The summed E-state index contributed by atoms with van der Waals surface area (Å²) in [5.41, 5.74) is 9.06. The van der Waals surface area contributed by atoms with E-state index in [9.17, 15) is 4.79 Å². The maximum Gasteiger partial charge on any atom is 0.347 e. The van der Waals surface area contributed by atoms with Gasteiger partial charge in [-0.3, -0.25) is 9.88 Å². The quantitative estimate of drug-likeness (QED) is 0.613. The number of nitrogens with one attached hydrogen (secondary N) is 1. The van der Waals surface area contributed by atoms with Crippen LogP contribution in [-0.2, 0) is 6.54 Å². The van der Waals surface area contributed by atoms with Crippen LogP contribution in [0.15, 0.2) is 47.6 Å². The number of amides is 2. The third-order valence-electron chi connectivity index (χ3n) is 4.85. The Labute approximate surface area is 165 Å². The number of anilines is 1. The highest BCUT2D eigenvalue weighted by Gasteiger charge is 2.23. The first-order valence-electron chi connectivity index (χ1n) is 9.46. The molecule has 2 amide bonds. The van der Waals surface area contributed by atoms with E-state index in [4.69, 9.17) is 10.5 Å². The Kier molecular flexibility index (Phi) is 6.60. The average molecular weight is 381 g/mol. The fourth-order valence-corrected chi connectivity index (χ4v) is 3.39. The number of pyridine rings is 1. The Balaban J connectivity index is 1.57. The zero-order valence-corrected chi connectivity index (χ0v) is 16.4. The van der Waals surface area contributed by atoms with Gasteiger partial charge in [0.2, 0.25) is 0 Å². The first-order chi connectivity index (χ1) is 13.5. The molecule has 1 saturated heterocycles. The average Bonchev–Trinajstić information content (AvgIpc) is 2.68. The van der Waals surface area contributed by atoms with Crippen LogP contribution in [0, 0.1) is 12.8 Å². The van der Waals surface area contributed by atoms with Crippen molar-refractivity contribution in [2.24, 2.45) is 16.6 Å². The normalized spacial score (nSPS) is 17.9. The second-order valence-corrected chi connectivity index (χ2v) is 7.09. The van der Waals surface area contributed by atoms with Crippen molar-refractivity contribution in [2.45, 2.75) is 26.3 Å². The van der Waals surface area contributed by atoms with E-state index < -0.39 is 6.03 Å². The van der Waals surface area contributed by atoms with Crippen molar-refractivity contribution in [1.82, 2.24) is 9.88 Å². The van der Waals surface area contributed by atoms with Crippen molar-refractivity contribution in [1.29, 1.82) is 0 Å². The Morgan fingerprint density at radius 3 is 2.86 bits per heavy atom. The first kappa shape index (κ1) is 19.8. The maximum absolute atomic E-state index is 12.2. The van der Waals surface area contributed by atoms with Crippen LogP contribution in [0.4, 0.5) is 10.5 Å². The summed E-state index contributed by atoms with van der Waals surface area (Å²) in [6.45, 7) is 4.62. The minimum Gasteiger partial charge on any atom is -0.497 e. The molecule has 0 spiro atoms. The van der Waals surface area contributed by atoms with Gasteiger partial charge in [-0.15, -0.1) is 0 Å². The first-order valence-corrected chi connectivity index (χ1v) is 9.46. The van der Waals surface area contributed by atoms with Crippen LogP contribution < -0.4 is 15.8 Å². The minimum absolute atomic E-state index is 0.0696. The highest BCUT2D eigenvalue weighted by atomic mass is 16.5. The second-order valence-electron chi connectivity index (χ2n) is 7.09. The van der Waals surface area contributed by atoms with Gasteiger partial charge < -0.3 is 15.8 Å². The van der Waals surface area contributed by atoms with Crippen LogP contribution in [0.1, 0.15) is 24.1 Å². The van der Waals surface area contributed by atoms with Gasteiger partial charge in [0.15, 0.2) is 0 Å². The lowest BCUT2D eigenvalue weighted by molar-refractivity contribution is 0.194. The molecule has 3 rings (SSSR count). The highest BCUT2D eigenvalue weighted by Crippen LogP contribution is 2.19. The SMILES string of the molecule is COc1ccc(NC(=O)/N=C(\N)C2CCCN(Cc3cc(C)ccn3)C2)cc1. The summed E-state index contributed by atoms with van der Waals surface area (Å²) in [4.78, 5) is 23.0. The molecule has 28 heavy (non-hydrogen) atoms. The van der Waals surface area contributed by atoms with E-state index in [1.807, 2.05) is 12.3 Å². The van der Waals surface area contributed by atoms with Gasteiger partial charge in [-0.05, 0) is 68.3 Å². The summed E-state index contributed by atoms with van der Waals surface area (Å²) in [5, 5.41) is 2.73. The topological polar surface area (TPSA) is 92.8 Å². The van der Waals surface area contributed by atoms with E-state index in [1.54, 1.807) is 31.4 Å². The van der Waals surface area contributed by atoms with Crippen LogP contribution in [0.5, 0.6) is 5.75 Å². The van der Waals surface area contributed by atoms with Crippen molar-refractivity contribution >= 4 is 17.6 Å². The lowest BCUT2D eigenvalue weighted by Crippen LogP contribution is -2.41. The number of amidine groups is 1. The Bertz CT molecular complexity index is 835.